The molecule has 3 nitrogen and oxygen atoms in total. The monoisotopic (exact) mass is 276 g/mol. The van der Waals surface area contributed by atoms with Gasteiger partial charge in [0.2, 0.25) is 11.8 Å². The van der Waals surface area contributed by atoms with Crippen molar-refractivity contribution in [3.05, 3.63) is 34.1 Å². The third-order valence-electron chi connectivity index (χ3n) is 1.95. The predicted octanol–water partition coefficient (Wildman–Crippen LogP) is 4.34. The van der Waals surface area contributed by atoms with E-state index in [9.17, 15) is 0 Å². The highest BCUT2D eigenvalue weighted by Gasteiger charge is 2.13. The molecule has 1 aromatic heterocycles. The first-order chi connectivity index (χ1) is 7.58. The first kappa shape index (κ1) is 11.7. The van der Waals surface area contributed by atoms with E-state index in [0.29, 0.717) is 27.4 Å². The van der Waals surface area contributed by atoms with E-state index in [1.807, 2.05) is 0 Å². The van der Waals surface area contributed by atoms with Gasteiger partial charge < -0.3 is 4.42 Å². The Morgan fingerprint density at radius 2 is 1.94 bits per heavy atom. The number of hydrogen-bond donors (Lipinski definition) is 0. The summed E-state index contributed by atoms with van der Waals surface area (Å²) in [5, 5.41) is 8.30. The van der Waals surface area contributed by atoms with E-state index in [0.717, 1.165) is 0 Å². The molecule has 1 aromatic carbocycles. The molecule has 1 atom stereocenters. The van der Waals surface area contributed by atoms with Crippen molar-refractivity contribution in [2.75, 3.05) is 0 Å². The molecule has 0 radical (unpaired) electrons. The van der Waals surface area contributed by atoms with Crippen LogP contribution >= 0.6 is 34.8 Å². The van der Waals surface area contributed by atoms with E-state index in [4.69, 9.17) is 39.2 Å². The Bertz CT molecular complexity index is 511. The zero-order valence-electron chi connectivity index (χ0n) is 8.25. The van der Waals surface area contributed by atoms with E-state index < -0.39 is 0 Å². The average molecular weight is 278 g/mol. The maximum atomic E-state index is 5.89. The van der Waals surface area contributed by atoms with Crippen LogP contribution in [0.1, 0.15) is 18.2 Å². The summed E-state index contributed by atoms with van der Waals surface area (Å²) in [5.74, 6) is 0.754. The molecule has 0 bridgehead atoms. The van der Waals surface area contributed by atoms with Crippen molar-refractivity contribution in [2.45, 2.75) is 12.3 Å². The van der Waals surface area contributed by atoms with Crippen LogP contribution in [0.15, 0.2) is 22.6 Å². The molecule has 0 fully saturated rings. The number of hydrogen-bond acceptors (Lipinski definition) is 3. The minimum Gasteiger partial charge on any atom is -0.419 e. The molecule has 6 heteroatoms. The van der Waals surface area contributed by atoms with Crippen molar-refractivity contribution in [2.24, 2.45) is 0 Å². The van der Waals surface area contributed by atoms with E-state index in [2.05, 4.69) is 10.2 Å². The van der Waals surface area contributed by atoms with E-state index in [-0.39, 0.29) is 5.38 Å². The second-order valence-corrected chi connectivity index (χ2v) is 4.66. The largest absolute Gasteiger partial charge is 0.419 e. The Hall–Kier alpha value is -0.770. The third kappa shape index (κ3) is 2.32. The van der Waals surface area contributed by atoms with Crippen LogP contribution < -0.4 is 0 Å². The Morgan fingerprint density at radius 1 is 1.19 bits per heavy atom. The molecule has 0 amide bonds. The van der Waals surface area contributed by atoms with Gasteiger partial charge in [0.05, 0.1) is 10.0 Å². The summed E-state index contributed by atoms with van der Waals surface area (Å²) in [7, 11) is 0. The van der Waals surface area contributed by atoms with Crippen LogP contribution in [0.25, 0.3) is 11.5 Å². The quantitative estimate of drug-likeness (QED) is 0.766. The molecule has 0 aliphatic heterocycles. The SMILES string of the molecule is CC(Cl)c1nnc(-c2ccc(Cl)c(Cl)c2)o1. The second kappa shape index (κ2) is 4.62. The maximum Gasteiger partial charge on any atom is 0.247 e. The first-order valence-corrected chi connectivity index (χ1v) is 5.70. The van der Waals surface area contributed by atoms with Crippen molar-refractivity contribution >= 4 is 34.8 Å². The van der Waals surface area contributed by atoms with Crippen LogP contribution in [-0.2, 0) is 0 Å². The highest BCUT2D eigenvalue weighted by molar-refractivity contribution is 6.42. The van der Waals surface area contributed by atoms with Crippen molar-refractivity contribution < 1.29 is 4.42 Å². The van der Waals surface area contributed by atoms with Gasteiger partial charge in [-0.05, 0) is 25.1 Å². The first-order valence-electron chi connectivity index (χ1n) is 4.51. The summed E-state index contributed by atoms with van der Waals surface area (Å²) in [5.41, 5.74) is 0.713. The summed E-state index contributed by atoms with van der Waals surface area (Å²) in [4.78, 5) is 0. The number of benzene rings is 1. The summed E-state index contributed by atoms with van der Waals surface area (Å²) in [6.07, 6.45) is 0. The van der Waals surface area contributed by atoms with E-state index >= 15 is 0 Å². The van der Waals surface area contributed by atoms with Crippen LogP contribution in [0, 0.1) is 0 Å². The summed E-state index contributed by atoms with van der Waals surface area (Å²) < 4.78 is 5.37. The predicted molar refractivity (Wildman–Crippen MR) is 64.0 cm³/mol. The van der Waals surface area contributed by atoms with Gasteiger partial charge in [0.1, 0.15) is 5.38 Å². The van der Waals surface area contributed by atoms with Crippen molar-refractivity contribution in [3.63, 3.8) is 0 Å². The topological polar surface area (TPSA) is 38.9 Å². The van der Waals surface area contributed by atoms with Crippen LogP contribution in [0.5, 0.6) is 0 Å². The van der Waals surface area contributed by atoms with Crippen LogP contribution in [0.4, 0.5) is 0 Å². The Kier molecular flexibility index (Phi) is 3.38. The molecule has 0 saturated heterocycles. The molecule has 1 heterocycles. The van der Waals surface area contributed by atoms with Gasteiger partial charge in [-0.1, -0.05) is 23.2 Å². The number of halogens is 3. The van der Waals surface area contributed by atoms with Gasteiger partial charge in [-0.15, -0.1) is 21.8 Å². The summed E-state index contributed by atoms with van der Waals surface area (Å²) in [6.45, 7) is 1.76. The standard InChI is InChI=1S/C10H7Cl3N2O/c1-5(11)9-14-15-10(16-9)6-2-3-7(12)8(13)4-6/h2-5H,1H3. The average Bonchev–Trinajstić information content (AvgIpc) is 2.71. The third-order valence-corrected chi connectivity index (χ3v) is 2.87. The van der Waals surface area contributed by atoms with Gasteiger partial charge in [-0.25, -0.2) is 0 Å². The molecule has 2 rings (SSSR count). The van der Waals surface area contributed by atoms with Gasteiger partial charge >= 0.3 is 0 Å². The number of alkyl halides is 1. The molecular formula is C10H7Cl3N2O. The summed E-state index contributed by atoms with van der Waals surface area (Å²) >= 11 is 17.5. The molecule has 0 aliphatic carbocycles. The summed E-state index contributed by atoms with van der Waals surface area (Å²) in [6, 6.07) is 5.09. The zero-order valence-corrected chi connectivity index (χ0v) is 10.5. The number of rotatable bonds is 2. The number of nitrogens with zero attached hydrogens (tertiary/aromatic N) is 2. The van der Waals surface area contributed by atoms with Crippen LogP contribution in [0.3, 0.4) is 0 Å². The minimum atomic E-state index is -0.316. The normalized spacial score (nSPS) is 12.8. The van der Waals surface area contributed by atoms with Crippen molar-refractivity contribution in [3.8, 4) is 11.5 Å². The van der Waals surface area contributed by atoms with Crippen molar-refractivity contribution in [1.29, 1.82) is 0 Å². The van der Waals surface area contributed by atoms with Crippen LogP contribution in [0.2, 0.25) is 10.0 Å². The smallest absolute Gasteiger partial charge is 0.247 e. The zero-order chi connectivity index (χ0) is 11.7. The fraction of sp³-hybridized carbons (Fsp3) is 0.200. The number of aromatic nitrogens is 2. The lowest BCUT2D eigenvalue weighted by atomic mass is 10.2. The Labute approximate surface area is 107 Å². The van der Waals surface area contributed by atoms with Crippen LogP contribution in [-0.4, -0.2) is 10.2 Å². The Morgan fingerprint density at radius 3 is 2.50 bits per heavy atom. The molecular weight excluding hydrogens is 270 g/mol. The lowest BCUT2D eigenvalue weighted by Gasteiger charge is -1.98. The molecule has 0 N–H and O–H groups in total. The maximum absolute atomic E-state index is 5.89. The minimum absolute atomic E-state index is 0.316. The van der Waals surface area contributed by atoms with Gasteiger partial charge in [-0.3, -0.25) is 0 Å². The van der Waals surface area contributed by atoms with Gasteiger partial charge in [0.25, 0.3) is 0 Å². The van der Waals surface area contributed by atoms with Gasteiger partial charge in [-0.2, -0.15) is 0 Å². The molecule has 0 saturated carbocycles. The fourth-order valence-corrected chi connectivity index (χ4v) is 1.53. The highest BCUT2D eigenvalue weighted by Crippen LogP contribution is 2.29. The van der Waals surface area contributed by atoms with Gasteiger partial charge in [0, 0.05) is 5.56 Å². The van der Waals surface area contributed by atoms with E-state index in [1.54, 1.807) is 25.1 Å². The lowest BCUT2D eigenvalue weighted by molar-refractivity contribution is 0.507. The molecule has 2 aromatic rings. The van der Waals surface area contributed by atoms with E-state index in [1.165, 1.54) is 0 Å². The Balaban J connectivity index is 2.39. The highest BCUT2D eigenvalue weighted by atomic mass is 35.5. The van der Waals surface area contributed by atoms with Crippen molar-refractivity contribution in [1.82, 2.24) is 10.2 Å². The molecule has 84 valence electrons. The fourth-order valence-electron chi connectivity index (χ4n) is 1.14. The molecule has 16 heavy (non-hydrogen) atoms. The molecule has 1 unspecified atom stereocenters. The second-order valence-electron chi connectivity index (χ2n) is 3.19. The molecule has 0 aliphatic rings. The molecule has 0 spiro atoms. The lowest BCUT2D eigenvalue weighted by Crippen LogP contribution is -1.81. The van der Waals surface area contributed by atoms with Gasteiger partial charge in [0.15, 0.2) is 0 Å².